The Kier molecular flexibility index (Phi) is 6.68. The molecular formula is C14H23FN2O. The van der Waals surface area contributed by atoms with Crippen molar-refractivity contribution in [1.82, 2.24) is 4.90 Å². The van der Waals surface area contributed by atoms with E-state index in [1.165, 1.54) is 13.2 Å². The number of benzene rings is 1. The van der Waals surface area contributed by atoms with Crippen LogP contribution in [-0.4, -0.2) is 31.6 Å². The van der Waals surface area contributed by atoms with Gasteiger partial charge in [0, 0.05) is 31.3 Å². The summed E-state index contributed by atoms with van der Waals surface area (Å²) in [5.74, 6) is 0.336. The molecule has 1 aromatic carbocycles. The molecule has 0 atom stereocenters. The maximum atomic E-state index is 13.8. The van der Waals surface area contributed by atoms with Crippen molar-refractivity contribution in [3.05, 3.63) is 29.6 Å². The summed E-state index contributed by atoms with van der Waals surface area (Å²) >= 11 is 0. The van der Waals surface area contributed by atoms with E-state index in [1.54, 1.807) is 12.1 Å². The molecule has 0 aliphatic rings. The fourth-order valence-electron chi connectivity index (χ4n) is 1.86. The minimum absolute atomic E-state index is 0.215. The van der Waals surface area contributed by atoms with Crippen molar-refractivity contribution in [2.75, 3.05) is 26.7 Å². The highest BCUT2D eigenvalue weighted by atomic mass is 19.1. The number of unbranched alkanes of at least 4 members (excludes halogenated alkanes) is 1. The van der Waals surface area contributed by atoms with Crippen molar-refractivity contribution in [3.63, 3.8) is 0 Å². The Hall–Kier alpha value is -1.13. The first kappa shape index (κ1) is 14.9. The molecule has 0 aliphatic heterocycles. The lowest BCUT2D eigenvalue weighted by Gasteiger charge is -2.21. The van der Waals surface area contributed by atoms with E-state index >= 15 is 0 Å². The van der Waals surface area contributed by atoms with Crippen LogP contribution in [0.5, 0.6) is 5.75 Å². The molecular weight excluding hydrogens is 231 g/mol. The summed E-state index contributed by atoms with van der Waals surface area (Å²) in [4.78, 5) is 2.19. The van der Waals surface area contributed by atoms with Gasteiger partial charge in [0.2, 0.25) is 0 Å². The molecule has 0 heterocycles. The maximum Gasteiger partial charge on any atom is 0.131 e. The fraction of sp³-hybridized carbons (Fsp3) is 0.571. The Morgan fingerprint density at radius 3 is 2.67 bits per heavy atom. The van der Waals surface area contributed by atoms with Crippen molar-refractivity contribution >= 4 is 0 Å². The molecule has 0 saturated heterocycles. The lowest BCUT2D eigenvalue weighted by atomic mass is 10.1. The molecule has 0 unspecified atom stereocenters. The molecule has 0 fully saturated rings. The predicted octanol–water partition coefficient (Wildman–Crippen LogP) is 2.40. The Morgan fingerprint density at radius 1 is 1.33 bits per heavy atom. The van der Waals surface area contributed by atoms with Crippen LogP contribution in [-0.2, 0) is 6.54 Å². The van der Waals surface area contributed by atoms with E-state index in [-0.39, 0.29) is 5.82 Å². The second kappa shape index (κ2) is 8.06. The Bertz CT molecular complexity index is 358. The zero-order valence-corrected chi connectivity index (χ0v) is 11.3. The van der Waals surface area contributed by atoms with E-state index < -0.39 is 0 Å². The first-order valence-electron chi connectivity index (χ1n) is 6.46. The summed E-state index contributed by atoms with van der Waals surface area (Å²) in [5, 5.41) is 0. The molecule has 4 heteroatoms. The lowest BCUT2D eigenvalue weighted by molar-refractivity contribution is 0.264. The Labute approximate surface area is 109 Å². The van der Waals surface area contributed by atoms with Crippen LogP contribution in [0.2, 0.25) is 0 Å². The smallest absolute Gasteiger partial charge is 0.131 e. The highest BCUT2D eigenvalue weighted by Crippen LogP contribution is 2.17. The summed E-state index contributed by atoms with van der Waals surface area (Å²) in [7, 11) is 1.54. The SMILES string of the molecule is CCCCN(CCN)Cc1ccc(OC)cc1F. The first-order chi connectivity index (χ1) is 8.71. The molecule has 0 radical (unpaired) electrons. The third-order valence-electron chi connectivity index (χ3n) is 2.93. The summed E-state index contributed by atoms with van der Waals surface area (Å²) in [6.45, 7) is 5.10. The van der Waals surface area contributed by atoms with Crippen LogP contribution in [0.4, 0.5) is 4.39 Å². The molecule has 18 heavy (non-hydrogen) atoms. The average Bonchev–Trinajstić information content (AvgIpc) is 2.38. The van der Waals surface area contributed by atoms with Crippen LogP contribution < -0.4 is 10.5 Å². The molecule has 0 spiro atoms. The summed E-state index contributed by atoms with van der Waals surface area (Å²) < 4.78 is 18.8. The van der Waals surface area contributed by atoms with Crippen LogP contribution in [0.1, 0.15) is 25.3 Å². The number of nitrogens with two attached hydrogens (primary N) is 1. The quantitative estimate of drug-likeness (QED) is 0.774. The number of hydrogen-bond donors (Lipinski definition) is 1. The topological polar surface area (TPSA) is 38.5 Å². The number of hydrogen-bond acceptors (Lipinski definition) is 3. The first-order valence-corrected chi connectivity index (χ1v) is 6.46. The molecule has 0 bridgehead atoms. The zero-order valence-electron chi connectivity index (χ0n) is 11.3. The van der Waals surface area contributed by atoms with Gasteiger partial charge in [0.15, 0.2) is 0 Å². The summed E-state index contributed by atoms with van der Waals surface area (Å²) in [5.41, 5.74) is 6.28. The molecule has 1 aromatic rings. The van der Waals surface area contributed by atoms with Gasteiger partial charge in [-0.2, -0.15) is 0 Å². The van der Waals surface area contributed by atoms with E-state index in [1.807, 2.05) is 0 Å². The van der Waals surface area contributed by atoms with E-state index in [0.29, 0.717) is 24.4 Å². The third kappa shape index (κ3) is 4.63. The third-order valence-corrected chi connectivity index (χ3v) is 2.93. The molecule has 1 rings (SSSR count). The van der Waals surface area contributed by atoms with Gasteiger partial charge in [-0.25, -0.2) is 4.39 Å². The zero-order chi connectivity index (χ0) is 13.4. The van der Waals surface area contributed by atoms with Crippen molar-refractivity contribution in [2.45, 2.75) is 26.3 Å². The fourth-order valence-corrected chi connectivity index (χ4v) is 1.86. The van der Waals surface area contributed by atoms with Crippen LogP contribution in [0.25, 0.3) is 0 Å². The number of ether oxygens (including phenoxy) is 1. The van der Waals surface area contributed by atoms with Crippen LogP contribution in [0.3, 0.4) is 0 Å². The normalized spacial score (nSPS) is 10.9. The largest absolute Gasteiger partial charge is 0.497 e. The highest BCUT2D eigenvalue weighted by Gasteiger charge is 2.09. The molecule has 0 amide bonds. The van der Waals surface area contributed by atoms with Gasteiger partial charge in [-0.05, 0) is 19.0 Å². The molecule has 2 N–H and O–H groups in total. The van der Waals surface area contributed by atoms with Gasteiger partial charge in [-0.1, -0.05) is 19.4 Å². The monoisotopic (exact) mass is 254 g/mol. The molecule has 0 aromatic heterocycles. The van der Waals surface area contributed by atoms with Crippen molar-refractivity contribution in [1.29, 1.82) is 0 Å². The average molecular weight is 254 g/mol. The second-order valence-corrected chi connectivity index (χ2v) is 4.38. The van der Waals surface area contributed by atoms with E-state index in [2.05, 4.69) is 11.8 Å². The van der Waals surface area contributed by atoms with Gasteiger partial charge >= 0.3 is 0 Å². The van der Waals surface area contributed by atoms with Gasteiger partial charge in [0.1, 0.15) is 11.6 Å². The van der Waals surface area contributed by atoms with Crippen molar-refractivity contribution in [2.24, 2.45) is 5.73 Å². The Balaban J connectivity index is 2.67. The number of nitrogens with zero attached hydrogens (tertiary/aromatic N) is 1. The van der Waals surface area contributed by atoms with Gasteiger partial charge in [-0.3, -0.25) is 4.90 Å². The minimum atomic E-state index is -0.215. The maximum absolute atomic E-state index is 13.8. The van der Waals surface area contributed by atoms with Crippen molar-refractivity contribution in [3.8, 4) is 5.75 Å². The Morgan fingerprint density at radius 2 is 2.11 bits per heavy atom. The van der Waals surface area contributed by atoms with E-state index in [0.717, 1.165) is 25.9 Å². The van der Waals surface area contributed by atoms with Crippen LogP contribution in [0, 0.1) is 5.82 Å². The highest BCUT2D eigenvalue weighted by molar-refractivity contribution is 5.28. The van der Waals surface area contributed by atoms with Crippen LogP contribution in [0.15, 0.2) is 18.2 Å². The summed E-state index contributed by atoms with van der Waals surface area (Å²) in [6, 6.07) is 5.00. The van der Waals surface area contributed by atoms with E-state index in [4.69, 9.17) is 10.5 Å². The van der Waals surface area contributed by atoms with Gasteiger partial charge < -0.3 is 10.5 Å². The van der Waals surface area contributed by atoms with Gasteiger partial charge in [-0.15, -0.1) is 0 Å². The van der Waals surface area contributed by atoms with Crippen molar-refractivity contribution < 1.29 is 9.13 Å². The van der Waals surface area contributed by atoms with Gasteiger partial charge in [0.05, 0.1) is 7.11 Å². The number of rotatable bonds is 8. The molecule has 102 valence electrons. The minimum Gasteiger partial charge on any atom is -0.497 e. The number of methoxy groups -OCH3 is 1. The van der Waals surface area contributed by atoms with E-state index in [9.17, 15) is 4.39 Å². The predicted molar refractivity (Wildman–Crippen MR) is 72.2 cm³/mol. The van der Waals surface area contributed by atoms with Gasteiger partial charge in [0.25, 0.3) is 0 Å². The molecule has 0 aliphatic carbocycles. The second-order valence-electron chi connectivity index (χ2n) is 4.38. The molecule has 3 nitrogen and oxygen atoms in total. The lowest BCUT2D eigenvalue weighted by Crippen LogP contribution is -2.30. The summed E-state index contributed by atoms with van der Waals surface area (Å²) in [6.07, 6.45) is 2.24. The number of halogens is 1. The van der Waals surface area contributed by atoms with Crippen LogP contribution >= 0.6 is 0 Å². The standard InChI is InChI=1S/C14H23FN2O/c1-3-4-8-17(9-7-16)11-12-5-6-13(18-2)10-14(12)15/h5-6,10H,3-4,7-9,11,16H2,1-2H3. The molecule has 0 saturated carbocycles.